The number of hydrogen-bond donors (Lipinski definition) is 1. The van der Waals surface area contributed by atoms with E-state index in [-0.39, 0.29) is 6.10 Å². The summed E-state index contributed by atoms with van der Waals surface area (Å²) in [6.07, 6.45) is 2.93. The maximum absolute atomic E-state index is 5.81. The molecule has 1 N–H and O–H groups in total. The zero-order valence-corrected chi connectivity index (χ0v) is 15.1. The van der Waals surface area contributed by atoms with Crippen LogP contribution >= 0.6 is 0 Å². The van der Waals surface area contributed by atoms with E-state index in [2.05, 4.69) is 38.9 Å². The number of nitrogens with zero attached hydrogens (tertiary/aromatic N) is 4. The molecule has 136 valence electrons. The van der Waals surface area contributed by atoms with Crippen LogP contribution in [0.15, 0.2) is 41.1 Å². The molecule has 1 aromatic carbocycles. The Bertz CT molecular complexity index is 858. The van der Waals surface area contributed by atoms with Crippen LogP contribution in [0.2, 0.25) is 0 Å². The molecule has 7 heteroatoms. The van der Waals surface area contributed by atoms with Gasteiger partial charge in [-0.2, -0.15) is 10.1 Å². The molecule has 0 spiro atoms. The zero-order valence-electron chi connectivity index (χ0n) is 15.1. The van der Waals surface area contributed by atoms with Crippen LogP contribution in [0.5, 0.6) is 0 Å². The third kappa shape index (κ3) is 3.54. The number of nitrogens with one attached hydrogen (secondary N) is 1. The Morgan fingerprint density at radius 1 is 1.27 bits per heavy atom. The molecule has 26 heavy (non-hydrogen) atoms. The lowest BCUT2D eigenvalue weighted by atomic mass is 10.0. The van der Waals surface area contributed by atoms with Gasteiger partial charge in [-0.3, -0.25) is 4.68 Å². The molecule has 3 heterocycles. The van der Waals surface area contributed by atoms with E-state index in [1.807, 2.05) is 36.9 Å². The molecular weight excluding hydrogens is 330 g/mol. The molecule has 0 saturated carbocycles. The molecule has 0 unspecified atom stereocenters. The summed E-state index contributed by atoms with van der Waals surface area (Å²) in [5, 5.41) is 12.0. The Labute approximate surface area is 152 Å². The van der Waals surface area contributed by atoms with Crippen molar-refractivity contribution in [2.45, 2.75) is 26.0 Å². The van der Waals surface area contributed by atoms with Crippen LogP contribution in [0.1, 0.15) is 29.8 Å². The molecule has 0 amide bonds. The van der Waals surface area contributed by atoms with E-state index in [1.165, 1.54) is 5.56 Å². The topological polar surface area (TPSA) is 78.0 Å². The number of hydrogen-bond acceptors (Lipinski definition) is 6. The number of aryl methyl sites for hydroxylation is 2. The number of ether oxygens (including phenoxy) is 1. The van der Waals surface area contributed by atoms with E-state index in [1.54, 1.807) is 0 Å². The van der Waals surface area contributed by atoms with Crippen LogP contribution in [0.3, 0.4) is 0 Å². The molecule has 0 aliphatic carbocycles. The van der Waals surface area contributed by atoms with Gasteiger partial charge in [-0.1, -0.05) is 35.5 Å². The Morgan fingerprint density at radius 2 is 2.12 bits per heavy atom. The first-order valence-electron chi connectivity index (χ1n) is 8.91. The molecule has 1 aliphatic heterocycles. The van der Waals surface area contributed by atoms with E-state index in [9.17, 15) is 0 Å². The summed E-state index contributed by atoms with van der Waals surface area (Å²) >= 11 is 0. The van der Waals surface area contributed by atoms with Gasteiger partial charge < -0.3 is 14.6 Å². The van der Waals surface area contributed by atoms with Gasteiger partial charge in [0.1, 0.15) is 6.10 Å². The number of aromatic nitrogens is 4. The Balaban J connectivity index is 1.41. The fourth-order valence-electron chi connectivity index (χ4n) is 3.44. The van der Waals surface area contributed by atoms with Gasteiger partial charge in [-0.25, -0.2) is 0 Å². The van der Waals surface area contributed by atoms with Gasteiger partial charge in [0.05, 0.1) is 5.69 Å². The Kier molecular flexibility index (Phi) is 4.81. The molecule has 2 aromatic heterocycles. The highest BCUT2D eigenvalue weighted by Gasteiger charge is 2.33. The first-order chi connectivity index (χ1) is 12.7. The van der Waals surface area contributed by atoms with Crippen molar-refractivity contribution >= 4 is 0 Å². The summed E-state index contributed by atoms with van der Waals surface area (Å²) in [5.74, 6) is 1.55. The van der Waals surface area contributed by atoms with Gasteiger partial charge in [0.25, 0.3) is 5.89 Å². The average molecular weight is 353 g/mol. The molecule has 0 bridgehead atoms. The van der Waals surface area contributed by atoms with Crippen molar-refractivity contribution in [3.63, 3.8) is 0 Å². The number of benzene rings is 1. The van der Waals surface area contributed by atoms with Crippen LogP contribution in [0.25, 0.3) is 11.3 Å². The second-order valence-corrected chi connectivity index (χ2v) is 6.69. The lowest BCUT2D eigenvalue weighted by Crippen LogP contribution is -2.24. The van der Waals surface area contributed by atoms with E-state index in [0.717, 1.165) is 37.4 Å². The second-order valence-electron chi connectivity index (χ2n) is 6.69. The van der Waals surface area contributed by atoms with Crippen molar-refractivity contribution in [2.75, 3.05) is 13.2 Å². The SMILES string of the molecule is Cc1noc([C@H]2OCC[C@H]2CNCc2cn(C)nc2-c2ccccc2)n1. The number of rotatable bonds is 6. The minimum Gasteiger partial charge on any atom is -0.368 e. The van der Waals surface area contributed by atoms with Crippen LogP contribution in [-0.4, -0.2) is 33.1 Å². The average Bonchev–Trinajstić information content (AvgIpc) is 3.36. The highest BCUT2D eigenvalue weighted by atomic mass is 16.5. The molecule has 3 aromatic rings. The van der Waals surface area contributed by atoms with Crippen molar-refractivity contribution in [1.29, 1.82) is 0 Å². The standard InChI is InChI=1S/C19H23N5O2/c1-13-21-19(26-23-13)18-15(8-9-25-18)10-20-11-16-12-24(2)22-17(16)14-6-4-3-5-7-14/h3-7,12,15,18,20H,8-11H2,1-2H3/t15-,18-/m0/s1. The van der Waals surface area contributed by atoms with Gasteiger partial charge in [0.2, 0.25) is 0 Å². The first kappa shape index (κ1) is 16.9. The van der Waals surface area contributed by atoms with E-state index in [4.69, 9.17) is 9.26 Å². The molecule has 1 fully saturated rings. The highest BCUT2D eigenvalue weighted by Crippen LogP contribution is 2.33. The van der Waals surface area contributed by atoms with Crippen LogP contribution < -0.4 is 5.32 Å². The summed E-state index contributed by atoms with van der Waals surface area (Å²) < 4.78 is 13.0. The van der Waals surface area contributed by atoms with Crippen molar-refractivity contribution in [3.05, 3.63) is 53.8 Å². The largest absolute Gasteiger partial charge is 0.368 e. The predicted molar refractivity (Wildman–Crippen MR) is 96.2 cm³/mol. The molecule has 7 nitrogen and oxygen atoms in total. The third-order valence-electron chi connectivity index (χ3n) is 4.67. The van der Waals surface area contributed by atoms with E-state index >= 15 is 0 Å². The minimum atomic E-state index is -0.119. The summed E-state index contributed by atoms with van der Waals surface area (Å²) in [7, 11) is 1.95. The molecule has 4 rings (SSSR count). The molecule has 2 atom stereocenters. The zero-order chi connectivity index (χ0) is 17.9. The molecule has 1 saturated heterocycles. The van der Waals surface area contributed by atoms with E-state index < -0.39 is 0 Å². The summed E-state index contributed by atoms with van der Waals surface area (Å²) in [6.45, 7) is 4.13. The summed E-state index contributed by atoms with van der Waals surface area (Å²) in [6, 6.07) is 10.3. The van der Waals surface area contributed by atoms with Crippen molar-refractivity contribution in [1.82, 2.24) is 25.2 Å². The monoisotopic (exact) mass is 353 g/mol. The van der Waals surface area contributed by atoms with Gasteiger partial charge >= 0.3 is 0 Å². The van der Waals surface area contributed by atoms with Gasteiger partial charge in [0.15, 0.2) is 5.82 Å². The second kappa shape index (κ2) is 7.39. The minimum absolute atomic E-state index is 0.119. The fourth-order valence-corrected chi connectivity index (χ4v) is 3.44. The predicted octanol–water partition coefficient (Wildman–Crippen LogP) is 2.65. The third-order valence-corrected chi connectivity index (χ3v) is 4.67. The van der Waals surface area contributed by atoms with Crippen molar-refractivity contribution < 1.29 is 9.26 Å². The van der Waals surface area contributed by atoms with E-state index in [0.29, 0.717) is 17.6 Å². The Hall–Kier alpha value is -2.51. The van der Waals surface area contributed by atoms with Crippen LogP contribution in [-0.2, 0) is 18.3 Å². The van der Waals surface area contributed by atoms with Gasteiger partial charge in [-0.15, -0.1) is 0 Å². The first-order valence-corrected chi connectivity index (χ1v) is 8.91. The Morgan fingerprint density at radius 3 is 2.88 bits per heavy atom. The van der Waals surface area contributed by atoms with Crippen LogP contribution in [0, 0.1) is 12.8 Å². The molecule has 1 aliphatic rings. The van der Waals surface area contributed by atoms with Gasteiger partial charge in [-0.05, 0) is 13.3 Å². The quantitative estimate of drug-likeness (QED) is 0.734. The highest BCUT2D eigenvalue weighted by molar-refractivity contribution is 5.62. The molecular formula is C19H23N5O2. The smallest absolute Gasteiger partial charge is 0.256 e. The van der Waals surface area contributed by atoms with Crippen molar-refractivity contribution in [3.8, 4) is 11.3 Å². The summed E-state index contributed by atoms with van der Waals surface area (Å²) in [5.41, 5.74) is 3.34. The molecule has 0 radical (unpaired) electrons. The maximum Gasteiger partial charge on any atom is 0.256 e. The normalized spacial score (nSPS) is 19.9. The summed E-state index contributed by atoms with van der Waals surface area (Å²) in [4.78, 5) is 4.32. The van der Waals surface area contributed by atoms with Gasteiger partial charge in [0, 0.05) is 50.0 Å². The maximum atomic E-state index is 5.81. The van der Waals surface area contributed by atoms with Crippen molar-refractivity contribution in [2.24, 2.45) is 13.0 Å². The van der Waals surface area contributed by atoms with Crippen LogP contribution in [0.4, 0.5) is 0 Å². The lowest BCUT2D eigenvalue weighted by molar-refractivity contribution is 0.0623. The fraction of sp³-hybridized carbons (Fsp3) is 0.421. The lowest BCUT2D eigenvalue weighted by Gasteiger charge is -2.15.